The molecule has 2 N–H and O–H groups in total. The molecule has 0 aliphatic rings. The van der Waals surface area contributed by atoms with E-state index in [1.54, 1.807) is 0 Å². The van der Waals surface area contributed by atoms with Gasteiger partial charge in [-0.1, -0.05) is 31.3 Å². The summed E-state index contributed by atoms with van der Waals surface area (Å²) in [6, 6.07) is 8.22. The molecule has 19 heavy (non-hydrogen) atoms. The minimum atomic E-state index is 0.405. The van der Waals surface area contributed by atoms with E-state index < -0.39 is 0 Å². The van der Waals surface area contributed by atoms with Gasteiger partial charge in [-0.3, -0.25) is 0 Å². The van der Waals surface area contributed by atoms with E-state index in [1.165, 1.54) is 0 Å². The summed E-state index contributed by atoms with van der Waals surface area (Å²) in [4.78, 5) is 2.83. The summed E-state index contributed by atoms with van der Waals surface area (Å²) in [7, 11) is 0. The molecule has 0 heterocycles. The van der Waals surface area contributed by atoms with E-state index in [9.17, 15) is 0 Å². The number of rotatable bonds is 8. The van der Waals surface area contributed by atoms with Crippen LogP contribution < -0.4 is 10.5 Å². The van der Waals surface area contributed by atoms with Crippen molar-refractivity contribution in [2.45, 2.75) is 33.2 Å². The van der Waals surface area contributed by atoms with Crippen LogP contribution in [0.15, 0.2) is 24.3 Å². The van der Waals surface area contributed by atoms with Crippen molar-refractivity contribution >= 4 is 17.2 Å². The highest BCUT2D eigenvalue weighted by Crippen LogP contribution is 2.13. The van der Waals surface area contributed by atoms with Gasteiger partial charge >= 0.3 is 0 Å². The Bertz CT molecular complexity index is 407. The SMILES string of the molecule is CCN(CCCOc1cccc(C(N)=S)c1)C(C)C. The zero-order valence-corrected chi connectivity index (χ0v) is 12.9. The smallest absolute Gasteiger partial charge is 0.119 e. The number of ether oxygens (including phenoxy) is 1. The third kappa shape index (κ3) is 5.57. The van der Waals surface area contributed by atoms with Crippen LogP contribution in [0, 0.1) is 0 Å². The van der Waals surface area contributed by atoms with Gasteiger partial charge in [0.1, 0.15) is 10.7 Å². The fourth-order valence-electron chi connectivity index (χ4n) is 1.98. The van der Waals surface area contributed by atoms with E-state index in [2.05, 4.69) is 25.7 Å². The number of nitrogens with zero attached hydrogens (tertiary/aromatic N) is 1. The highest BCUT2D eigenvalue weighted by atomic mass is 32.1. The summed E-state index contributed by atoms with van der Waals surface area (Å²) in [6.45, 7) is 9.47. The normalized spacial score (nSPS) is 11.0. The van der Waals surface area contributed by atoms with E-state index in [4.69, 9.17) is 22.7 Å². The van der Waals surface area contributed by atoms with E-state index >= 15 is 0 Å². The predicted octanol–water partition coefficient (Wildman–Crippen LogP) is 2.82. The quantitative estimate of drug-likeness (QED) is 0.587. The Balaban J connectivity index is 2.37. The van der Waals surface area contributed by atoms with Gasteiger partial charge in [0.15, 0.2) is 0 Å². The third-order valence-corrected chi connectivity index (χ3v) is 3.35. The molecule has 3 nitrogen and oxygen atoms in total. The molecule has 0 fully saturated rings. The molecule has 0 unspecified atom stereocenters. The van der Waals surface area contributed by atoms with Gasteiger partial charge in [0.05, 0.1) is 6.61 Å². The second-order valence-corrected chi connectivity index (χ2v) is 5.26. The third-order valence-electron chi connectivity index (χ3n) is 3.11. The molecule has 0 aliphatic heterocycles. The van der Waals surface area contributed by atoms with Gasteiger partial charge in [-0.05, 0) is 38.9 Å². The number of hydrogen-bond acceptors (Lipinski definition) is 3. The van der Waals surface area contributed by atoms with Crippen LogP contribution in [0.4, 0.5) is 0 Å². The molecule has 0 radical (unpaired) electrons. The number of hydrogen-bond donors (Lipinski definition) is 1. The Morgan fingerprint density at radius 1 is 1.42 bits per heavy atom. The maximum Gasteiger partial charge on any atom is 0.119 e. The van der Waals surface area contributed by atoms with Crippen molar-refractivity contribution in [3.8, 4) is 5.75 Å². The monoisotopic (exact) mass is 280 g/mol. The van der Waals surface area contributed by atoms with Crippen molar-refractivity contribution in [3.63, 3.8) is 0 Å². The number of thiocarbonyl (C=S) groups is 1. The summed E-state index contributed by atoms with van der Waals surface area (Å²) >= 11 is 4.95. The Kier molecular flexibility index (Phi) is 6.81. The fourth-order valence-corrected chi connectivity index (χ4v) is 2.11. The Morgan fingerprint density at radius 3 is 2.74 bits per heavy atom. The van der Waals surface area contributed by atoms with Gasteiger partial charge in [0.2, 0.25) is 0 Å². The minimum absolute atomic E-state index is 0.405. The van der Waals surface area contributed by atoms with Gasteiger partial charge in [-0.2, -0.15) is 0 Å². The first-order valence-corrected chi connectivity index (χ1v) is 7.22. The molecule has 0 aromatic heterocycles. The maximum absolute atomic E-state index is 5.73. The van der Waals surface area contributed by atoms with Crippen molar-refractivity contribution in [1.29, 1.82) is 0 Å². The molecule has 1 aromatic carbocycles. The van der Waals surface area contributed by atoms with Crippen molar-refractivity contribution in [1.82, 2.24) is 4.90 Å². The van der Waals surface area contributed by atoms with Crippen molar-refractivity contribution in [3.05, 3.63) is 29.8 Å². The first-order chi connectivity index (χ1) is 9.04. The van der Waals surface area contributed by atoms with Crippen molar-refractivity contribution < 1.29 is 4.74 Å². The molecule has 0 saturated heterocycles. The molecule has 0 amide bonds. The molecule has 1 aromatic rings. The van der Waals surface area contributed by atoms with Crippen LogP contribution in [0.2, 0.25) is 0 Å². The second kappa shape index (κ2) is 8.12. The number of benzene rings is 1. The lowest BCUT2D eigenvalue weighted by Crippen LogP contribution is -2.32. The maximum atomic E-state index is 5.73. The Labute approximate surface area is 121 Å². The zero-order valence-electron chi connectivity index (χ0n) is 12.1. The minimum Gasteiger partial charge on any atom is -0.494 e. The fraction of sp³-hybridized carbons (Fsp3) is 0.533. The van der Waals surface area contributed by atoms with Gasteiger partial charge in [0, 0.05) is 18.2 Å². The standard InChI is InChI=1S/C15H24N2OS/c1-4-17(12(2)3)9-6-10-18-14-8-5-7-13(11-14)15(16)19/h5,7-8,11-12H,4,6,9-10H2,1-3H3,(H2,16,19). The summed E-state index contributed by atoms with van der Waals surface area (Å²) < 4.78 is 5.73. The van der Waals surface area contributed by atoms with Gasteiger partial charge in [-0.15, -0.1) is 0 Å². The van der Waals surface area contributed by atoms with E-state index in [0.29, 0.717) is 17.6 Å². The van der Waals surface area contributed by atoms with Gasteiger partial charge in [0.25, 0.3) is 0 Å². The molecular formula is C15H24N2OS. The van der Waals surface area contributed by atoms with E-state index in [0.717, 1.165) is 30.8 Å². The van der Waals surface area contributed by atoms with Crippen LogP contribution in [0.1, 0.15) is 32.8 Å². The molecule has 0 spiro atoms. The lowest BCUT2D eigenvalue weighted by molar-refractivity contribution is 0.207. The highest BCUT2D eigenvalue weighted by Gasteiger charge is 2.06. The topological polar surface area (TPSA) is 38.5 Å². The zero-order chi connectivity index (χ0) is 14.3. The Morgan fingerprint density at radius 2 is 2.16 bits per heavy atom. The summed E-state index contributed by atoms with van der Waals surface area (Å²) in [5.41, 5.74) is 6.45. The average molecular weight is 280 g/mol. The highest BCUT2D eigenvalue weighted by molar-refractivity contribution is 7.80. The molecule has 0 atom stereocenters. The largest absolute Gasteiger partial charge is 0.494 e. The lowest BCUT2D eigenvalue weighted by atomic mass is 10.2. The summed E-state index contributed by atoms with van der Waals surface area (Å²) in [5.74, 6) is 0.831. The van der Waals surface area contributed by atoms with E-state index in [1.807, 2.05) is 24.3 Å². The molecule has 4 heteroatoms. The average Bonchev–Trinajstić information content (AvgIpc) is 2.38. The van der Waals surface area contributed by atoms with Crippen LogP contribution in [0.5, 0.6) is 5.75 Å². The Hall–Kier alpha value is -1.13. The molecule has 0 bridgehead atoms. The van der Waals surface area contributed by atoms with Crippen LogP contribution in [-0.4, -0.2) is 35.6 Å². The predicted molar refractivity (Wildman–Crippen MR) is 84.8 cm³/mol. The molecule has 1 rings (SSSR count). The molecular weight excluding hydrogens is 256 g/mol. The van der Waals surface area contributed by atoms with Crippen molar-refractivity contribution in [2.24, 2.45) is 5.73 Å². The van der Waals surface area contributed by atoms with Gasteiger partial charge in [-0.25, -0.2) is 0 Å². The van der Waals surface area contributed by atoms with E-state index in [-0.39, 0.29) is 0 Å². The molecule has 0 aliphatic carbocycles. The molecule has 106 valence electrons. The lowest BCUT2D eigenvalue weighted by Gasteiger charge is -2.24. The first-order valence-electron chi connectivity index (χ1n) is 6.81. The van der Waals surface area contributed by atoms with Crippen LogP contribution in [0.3, 0.4) is 0 Å². The first kappa shape index (κ1) is 15.9. The van der Waals surface area contributed by atoms with Crippen molar-refractivity contribution in [2.75, 3.05) is 19.7 Å². The molecule has 0 saturated carbocycles. The van der Waals surface area contributed by atoms with Crippen LogP contribution in [-0.2, 0) is 0 Å². The second-order valence-electron chi connectivity index (χ2n) is 4.82. The summed E-state index contributed by atoms with van der Waals surface area (Å²) in [6.07, 6.45) is 1.02. The van der Waals surface area contributed by atoms with Crippen LogP contribution in [0.25, 0.3) is 0 Å². The van der Waals surface area contributed by atoms with Gasteiger partial charge < -0.3 is 15.4 Å². The summed E-state index contributed by atoms with van der Waals surface area (Å²) in [5, 5.41) is 0. The van der Waals surface area contributed by atoms with Crippen LogP contribution >= 0.6 is 12.2 Å². The number of nitrogens with two attached hydrogens (primary N) is 1.